The number of rotatable bonds is 7. The normalized spacial score (nSPS) is 45.5. The lowest BCUT2D eigenvalue weighted by Crippen LogP contribution is -2.53. The van der Waals surface area contributed by atoms with Gasteiger partial charge in [0.25, 0.3) is 0 Å². The van der Waals surface area contributed by atoms with Crippen molar-refractivity contribution in [2.75, 3.05) is 6.61 Å². The number of ether oxygens (including phenoxy) is 1. The van der Waals surface area contributed by atoms with Gasteiger partial charge in [0, 0.05) is 13.0 Å². The van der Waals surface area contributed by atoms with E-state index < -0.39 is 11.0 Å². The van der Waals surface area contributed by atoms with Gasteiger partial charge in [-0.15, -0.1) is 0 Å². The second kappa shape index (κ2) is 8.11. The predicted molar refractivity (Wildman–Crippen MR) is 122 cm³/mol. The maximum atomic E-state index is 13.9. The van der Waals surface area contributed by atoms with E-state index in [9.17, 15) is 15.0 Å². The van der Waals surface area contributed by atoms with E-state index in [2.05, 4.69) is 52.8 Å². The van der Waals surface area contributed by atoms with Crippen LogP contribution in [0.3, 0.4) is 0 Å². The molecule has 1 heterocycles. The molecular formula is C27H42O4. The molecule has 8 atom stereocenters. The molecule has 3 aliphatic carbocycles. The first-order valence-corrected chi connectivity index (χ1v) is 12.5. The van der Waals surface area contributed by atoms with E-state index in [0.717, 1.165) is 31.3 Å². The number of hydrogen-bond acceptors (Lipinski definition) is 4. The molecule has 4 heteroatoms. The smallest absolute Gasteiger partial charge is 0.167 e. The van der Waals surface area contributed by atoms with Gasteiger partial charge in [-0.1, -0.05) is 39.8 Å². The summed E-state index contributed by atoms with van der Waals surface area (Å²) in [4.78, 5) is 13.9. The second-order valence-electron chi connectivity index (χ2n) is 11.7. The molecule has 2 saturated carbocycles. The van der Waals surface area contributed by atoms with Crippen LogP contribution >= 0.6 is 0 Å². The van der Waals surface area contributed by atoms with Crippen LogP contribution in [0.25, 0.3) is 0 Å². The van der Waals surface area contributed by atoms with Gasteiger partial charge < -0.3 is 14.9 Å². The average Bonchev–Trinajstić information content (AvgIpc) is 3.29. The number of epoxide rings is 1. The fourth-order valence-corrected chi connectivity index (χ4v) is 7.39. The standard InChI is InChI=1S/C27H42O4/c1-17(2)7-6-8-18(3)21-9-10-22(25(21,4)13-14-28)20-15-23-27(31-23)16-19(29)11-12-26(27,5)24(20)30/h6,8,15,17-19,21-23,28-29H,7,9-14,16H2,1-5H3. The van der Waals surface area contributed by atoms with Crippen LogP contribution < -0.4 is 0 Å². The number of aliphatic hydroxyl groups is 2. The highest BCUT2D eigenvalue weighted by Crippen LogP contribution is 2.65. The molecule has 1 spiro atoms. The molecule has 8 unspecified atom stereocenters. The van der Waals surface area contributed by atoms with Crippen molar-refractivity contribution in [2.45, 2.75) is 97.4 Å². The van der Waals surface area contributed by atoms with Crippen molar-refractivity contribution in [3.63, 3.8) is 0 Å². The van der Waals surface area contributed by atoms with E-state index in [4.69, 9.17) is 4.74 Å². The number of hydrogen-bond donors (Lipinski definition) is 2. The summed E-state index contributed by atoms with van der Waals surface area (Å²) in [5, 5.41) is 20.2. The Kier molecular flexibility index (Phi) is 6.07. The molecule has 3 fully saturated rings. The summed E-state index contributed by atoms with van der Waals surface area (Å²) in [7, 11) is 0. The lowest BCUT2D eigenvalue weighted by atomic mass is 9.55. The quantitative estimate of drug-likeness (QED) is 0.448. The number of allylic oxidation sites excluding steroid dienone is 3. The summed E-state index contributed by atoms with van der Waals surface area (Å²) in [6.07, 6.45) is 12.2. The highest BCUT2D eigenvalue weighted by Gasteiger charge is 2.73. The molecule has 4 aliphatic rings. The van der Waals surface area contributed by atoms with E-state index in [-0.39, 0.29) is 35.9 Å². The van der Waals surface area contributed by atoms with Gasteiger partial charge in [0.2, 0.25) is 0 Å². The number of Topliss-reactive ketones (excluding diaryl/α,β-unsaturated/α-hetero) is 1. The Balaban J connectivity index is 1.61. The number of carbonyl (C=O) groups is 1. The molecule has 1 aliphatic heterocycles. The molecule has 31 heavy (non-hydrogen) atoms. The zero-order valence-corrected chi connectivity index (χ0v) is 20.1. The van der Waals surface area contributed by atoms with Gasteiger partial charge in [-0.25, -0.2) is 0 Å². The van der Waals surface area contributed by atoms with Gasteiger partial charge >= 0.3 is 0 Å². The topological polar surface area (TPSA) is 70.1 Å². The first-order chi connectivity index (χ1) is 14.6. The highest BCUT2D eigenvalue weighted by molar-refractivity contribution is 6.03. The summed E-state index contributed by atoms with van der Waals surface area (Å²) < 4.78 is 6.16. The third-order valence-corrected chi connectivity index (χ3v) is 9.40. The molecule has 0 amide bonds. The summed E-state index contributed by atoms with van der Waals surface area (Å²) in [5.74, 6) is 1.95. The lowest BCUT2D eigenvalue weighted by Gasteiger charge is -2.46. The van der Waals surface area contributed by atoms with Crippen molar-refractivity contribution >= 4 is 5.78 Å². The highest BCUT2D eigenvalue weighted by atomic mass is 16.6. The Morgan fingerprint density at radius 2 is 1.97 bits per heavy atom. The van der Waals surface area contributed by atoms with Crippen LogP contribution in [0.4, 0.5) is 0 Å². The Labute approximate surface area is 188 Å². The van der Waals surface area contributed by atoms with Crippen LogP contribution in [-0.2, 0) is 9.53 Å². The van der Waals surface area contributed by atoms with Gasteiger partial charge in [-0.05, 0) is 86.2 Å². The Morgan fingerprint density at radius 3 is 2.65 bits per heavy atom. The maximum Gasteiger partial charge on any atom is 0.167 e. The third-order valence-electron chi connectivity index (χ3n) is 9.40. The fourth-order valence-electron chi connectivity index (χ4n) is 7.39. The van der Waals surface area contributed by atoms with E-state index in [0.29, 0.717) is 37.0 Å². The third kappa shape index (κ3) is 3.57. The van der Waals surface area contributed by atoms with Gasteiger partial charge in [0.1, 0.15) is 11.7 Å². The Bertz CT molecular complexity index is 769. The monoisotopic (exact) mass is 430 g/mol. The number of carbonyl (C=O) groups excluding carboxylic acids is 1. The van der Waals surface area contributed by atoms with Crippen molar-refractivity contribution in [3.05, 3.63) is 23.8 Å². The molecule has 1 saturated heterocycles. The molecule has 4 nitrogen and oxygen atoms in total. The van der Waals surface area contributed by atoms with E-state index in [1.807, 2.05) is 0 Å². The fraction of sp³-hybridized carbons (Fsp3) is 0.815. The van der Waals surface area contributed by atoms with Crippen LogP contribution in [0.5, 0.6) is 0 Å². The minimum absolute atomic E-state index is 0.0408. The summed E-state index contributed by atoms with van der Waals surface area (Å²) in [5.41, 5.74) is -0.156. The van der Waals surface area contributed by atoms with E-state index in [1.54, 1.807) is 0 Å². The van der Waals surface area contributed by atoms with Crippen LogP contribution in [0.15, 0.2) is 23.8 Å². The van der Waals surface area contributed by atoms with Gasteiger partial charge in [-0.2, -0.15) is 0 Å². The Morgan fingerprint density at radius 1 is 1.23 bits per heavy atom. The van der Waals surface area contributed by atoms with Crippen LogP contribution in [0.1, 0.15) is 79.6 Å². The van der Waals surface area contributed by atoms with E-state index in [1.165, 1.54) is 0 Å². The molecule has 0 aromatic heterocycles. The van der Waals surface area contributed by atoms with Crippen molar-refractivity contribution in [3.8, 4) is 0 Å². The zero-order valence-electron chi connectivity index (χ0n) is 20.1. The van der Waals surface area contributed by atoms with Crippen LogP contribution in [0, 0.1) is 34.5 Å². The number of ketones is 1. The van der Waals surface area contributed by atoms with Gasteiger partial charge in [0.05, 0.1) is 11.5 Å². The maximum absolute atomic E-state index is 13.9. The average molecular weight is 431 g/mol. The molecule has 0 bridgehead atoms. The molecule has 2 N–H and O–H groups in total. The summed E-state index contributed by atoms with van der Waals surface area (Å²) in [6.45, 7) is 11.3. The molecular weight excluding hydrogens is 388 g/mol. The van der Waals surface area contributed by atoms with Crippen molar-refractivity contribution in [2.24, 2.45) is 34.5 Å². The lowest BCUT2D eigenvalue weighted by molar-refractivity contribution is -0.134. The van der Waals surface area contributed by atoms with Crippen molar-refractivity contribution in [1.82, 2.24) is 0 Å². The second-order valence-corrected chi connectivity index (χ2v) is 11.7. The molecule has 0 aromatic rings. The first-order valence-electron chi connectivity index (χ1n) is 12.5. The van der Waals surface area contributed by atoms with Gasteiger partial charge in [0.15, 0.2) is 5.78 Å². The Hall–Kier alpha value is -0.970. The number of aliphatic hydroxyl groups excluding tert-OH is 2. The van der Waals surface area contributed by atoms with E-state index >= 15 is 0 Å². The largest absolute Gasteiger partial charge is 0.396 e. The van der Waals surface area contributed by atoms with Crippen molar-refractivity contribution < 1.29 is 19.7 Å². The molecule has 4 rings (SSSR count). The summed E-state index contributed by atoms with van der Waals surface area (Å²) >= 11 is 0. The minimum Gasteiger partial charge on any atom is -0.396 e. The summed E-state index contributed by atoms with van der Waals surface area (Å²) in [6, 6.07) is 0. The minimum atomic E-state index is -0.526. The predicted octanol–water partition coefficient (Wildman–Crippen LogP) is 4.84. The van der Waals surface area contributed by atoms with Gasteiger partial charge in [-0.3, -0.25) is 4.79 Å². The zero-order chi connectivity index (χ0) is 22.6. The SMILES string of the molecule is CC(C)CC=CC(C)C1CCC(C2=CC3OC34CC(O)CCC4(C)C2=O)C1(C)CCO. The first kappa shape index (κ1) is 23.2. The molecule has 0 radical (unpaired) electrons. The van der Waals surface area contributed by atoms with Crippen LogP contribution in [-0.4, -0.2) is 40.4 Å². The van der Waals surface area contributed by atoms with Crippen molar-refractivity contribution in [1.29, 1.82) is 0 Å². The molecule has 0 aromatic carbocycles. The van der Waals surface area contributed by atoms with Crippen LogP contribution in [0.2, 0.25) is 0 Å². The molecule has 174 valence electrons.